The number of carbonyl (C=O) groups excluding carboxylic acids is 2. The highest BCUT2D eigenvalue weighted by Crippen LogP contribution is 2.34. The molecule has 1 unspecified atom stereocenters. The van der Waals surface area contributed by atoms with Gasteiger partial charge in [0, 0.05) is 12.0 Å². The molecule has 5 heteroatoms. The molecule has 18 heavy (non-hydrogen) atoms. The molecule has 0 saturated carbocycles. The van der Waals surface area contributed by atoms with E-state index in [4.69, 9.17) is 4.74 Å². The number of aryl methyl sites for hydroxylation is 1. The number of benzene rings is 1. The lowest BCUT2D eigenvalue weighted by molar-refractivity contribution is -0.151. The number of fused-ring (bicyclic) bond motifs is 1. The Morgan fingerprint density at radius 2 is 2.11 bits per heavy atom. The normalized spacial score (nSPS) is 22.3. The molecule has 0 saturated heterocycles. The summed E-state index contributed by atoms with van der Waals surface area (Å²) in [5, 5.41) is 0. The average molecular weight is 252 g/mol. The number of esters is 1. The molecule has 0 fully saturated rings. The molecule has 1 aromatic rings. The molecular formula is C13H13FO4. The number of carbonyl (C=O) groups is 2. The maximum Gasteiger partial charge on any atom is 0.351 e. The molecule has 0 aromatic heterocycles. The third-order valence-corrected chi connectivity index (χ3v) is 3.16. The van der Waals surface area contributed by atoms with Gasteiger partial charge >= 0.3 is 5.97 Å². The summed E-state index contributed by atoms with van der Waals surface area (Å²) in [5.74, 6) is -1.36. The summed E-state index contributed by atoms with van der Waals surface area (Å²) in [6.07, 6.45) is 0.0997. The van der Waals surface area contributed by atoms with E-state index < -0.39 is 17.4 Å². The first-order chi connectivity index (χ1) is 8.52. The molecule has 1 aliphatic carbocycles. The fraction of sp³-hybridized carbons (Fsp3) is 0.385. The summed E-state index contributed by atoms with van der Waals surface area (Å²) in [5.41, 5.74) is -1.65. The number of halogens is 1. The van der Waals surface area contributed by atoms with Crippen LogP contribution in [0.1, 0.15) is 22.3 Å². The number of Topliss-reactive ketones (excluding diaryl/α,β-unsaturated/α-hetero) is 1. The molecule has 1 aromatic carbocycles. The molecule has 0 N–H and O–H groups in total. The summed E-state index contributed by atoms with van der Waals surface area (Å²) in [4.78, 5) is 23.4. The van der Waals surface area contributed by atoms with Crippen LogP contribution in [0.4, 0.5) is 4.39 Å². The fourth-order valence-corrected chi connectivity index (χ4v) is 2.12. The number of ether oxygens (including phenoxy) is 2. The Balaban J connectivity index is 2.43. The van der Waals surface area contributed by atoms with Crippen molar-refractivity contribution in [2.24, 2.45) is 0 Å². The van der Waals surface area contributed by atoms with Crippen molar-refractivity contribution in [1.82, 2.24) is 0 Å². The fourth-order valence-electron chi connectivity index (χ4n) is 2.12. The second-order valence-corrected chi connectivity index (χ2v) is 4.14. The van der Waals surface area contributed by atoms with Gasteiger partial charge in [-0.05, 0) is 30.2 Å². The predicted octanol–water partition coefficient (Wildman–Crippen LogP) is 1.71. The van der Waals surface area contributed by atoms with Crippen LogP contribution in [-0.4, -0.2) is 31.6 Å². The molecule has 0 aliphatic heterocycles. The molecule has 4 nitrogen and oxygen atoms in total. The van der Waals surface area contributed by atoms with Gasteiger partial charge < -0.3 is 9.47 Å². The number of hydrogen-bond acceptors (Lipinski definition) is 4. The minimum Gasteiger partial charge on any atom is -0.497 e. The average Bonchev–Trinajstić information content (AvgIpc) is 2.41. The van der Waals surface area contributed by atoms with Crippen molar-refractivity contribution in [2.45, 2.75) is 18.5 Å². The van der Waals surface area contributed by atoms with E-state index >= 15 is 0 Å². The Hall–Kier alpha value is -1.91. The molecule has 2 rings (SSSR count). The summed E-state index contributed by atoms with van der Waals surface area (Å²) in [7, 11) is 2.58. The zero-order valence-electron chi connectivity index (χ0n) is 10.2. The number of ketones is 1. The van der Waals surface area contributed by atoms with Crippen molar-refractivity contribution in [3.8, 4) is 5.75 Å². The standard InChI is InChI=1S/C13H13FO4/c1-17-9-3-4-10-8(7-9)5-6-13(14,11(10)15)12(16)18-2/h3-4,7H,5-6H2,1-2H3. The van der Waals surface area contributed by atoms with Crippen LogP contribution in [0.3, 0.4) is 0 Å². The zero-order chi connectivity index (χ0) is 13.3. The van der Waals surface area contributed by atoms with Crippen LogP contribution in [0.25, 0.3) is 0 Å². The number of hydrogen-bond donors (Lipinski definition) is 0. The lowest BCUT2D eigenvalue weighted by Gasteiger charge is -2.27. The largest absolute Gasteiger partial charge is 0.497 e. The first-order valence-electron chi connectivity index (χ1n) is 5.52. The van der Waals surface area contributed by atoms with Crippen LogP contribution in [-0.2, 0) is 16.0 Å². The van der Waals surface area contributed by atoms with Gasteiger partial charge in [-0.15, -0.1) is 0 Å². The van der Waals surface area contributed by atoms with Gasteiger partial charge in [0.05, 0.1) is 14.2 Å². The third kappa shape index (κ3) is 1.75. The Kier molecular flexibility index (Phi) is 3.07. The minimum atomic E-state index is -2.56. The zero-order valence-corrected chi connectivity index (χ0v) is 10.2. The second kappa shape index (κ2) is 4.40. The van der Waals surface area contributed by atoms with Gasteiger partial charge in [-0.25, -0.2) is 9.18 Å². The van der Waals surface area contributed by atoms with Gasteiger partial charge in [0.2, 0.25) is 5.78 Å². The van der Waals surface area contributed by atoms with Crippen molar-refractivity contribution < 1.29 is 23.5 Å². The first-order valence-corrected chi connectivity index (χ1v) is 5.52. The van der Waals surface area contributed by atoms with Gasteiger partial charge in [0.25, 0.3) is 5.67 Å². The third-order valence-electron chi connectivity index (χ3n) is 3.16. The van der Waals surface area contributed by atoms with Crippen molar-refractivity contribution in [3.05, 3.63) is 29.3 Å². The highest BCUT2D eigenvalue weighted by molar-refractivity contribution is 6.16. The second-order valence-electron chi connectivity index (χ2n) is 4.14. The topological polar surface area (TPSA) is 52.6 Å². The number of alkyl halides is 1. The van der Waals surface area contributed by atoms with E-state index in [0.717, 1.165) is 7.11 Å². The molecule has 96 valence electrons. The van der Waals surface area contributed by atoms with Crippen LogP contribution >= 0.6 is 0 Å². The van der Waals surface area contributed by atoms with Gasteiger partial charge in [-0.3, -0.25) is 4.79 Å². The first kappa shape index (κ1) is 12.5. The number of rotatable bonds is 2. The van der Waals surface area contributed by atoms with Crippen molar-refractivity contribution in [3.63, 3.8) is 0 Å². The maximum atomic E-state index is 14.4. The molecule has 1 atom stereocenters. The van der Waals surface area contributed by atoms with E-state index in [9.17, 15) is 14.0 Å². The van der Waals surface area contributed by atoms with Crippen LogP contribution < -0.4 is 4.74 Å². The van der Waals surface area contributed by atoms with E-state index in [0.29, 0.717) is 17.7 Å². The van der Waals surface area contributed by atoms with Crippen LogP contribution in [0, 0.1) is 0 Å². The lowest BCUT2D eigenvalue weighted by atomic mass is 9.80. The molecule has 1 aliphatic rings. The van der Waals surface area contributed by atoms with Crippen LogP contribution in [0.5, 0.6) is 5.75 Å². The van der Waals surface area contributed by atoms with E-state index in [2.05, 4.69) is 4.74 Å². The summed E-state index contributed by atoms with van der Waals surface area (Å²) in [6, 6.07) is 4.73. The smallest absolute Gasteiger partial charge is 0.351 e. The van der Waals surface area contributed by atoms with Gasteiger partial charge in [-0.1, -0.05) is 0 Å². The monoisotopic (exact) mass is 252 g/mol. The van der Waals surface area contributed by atoms with Crippen molar-refractivity contribution in [1.29, 1.82) is 0 Å². The van der Waals surface area contributed by atoms with E-state index in [1.807, 2.05) is 0 Å². The molecule has 0 amide bonds. The van der Waals surface area contributed by atoms with E-state index in [1.54, 1.807) is 12.1 Å². The minimum absolute atomic E-state index is 0.196. The predicted molar refractivity (Wildman–Crippen MR) is 61.5 cm³/mol. The SMILES string of the molecule is COC(=O)C1(F)CCc2cc(OC)ccc2C1=O. The number of methoxy groups -OCH3 is 2. The van der Waals surface area contributed by atoms with E-state index in [-0.39, 0.29) is 12.0 Å². The van der Waals surface area contributed by atoms with E-state index in [1.165, 1.54) is 13.2 Å². The summed E-state index contributed by atoms with van der Waals surface area (Å²) in [6.45, 7) is 0. The molecule has 0 spiro atoms. The summed E-state index contributed by atoms with van der Waals surface area (Å²) >= 11 is 0. The Morgan fingerprint density at radius 1 is 1.39 bits per heavy atom. The Labute approximate surface area is 104 Å². The maximum absolute atomic E-state index is 14.4. The Bertz CT molecular complexity index is 512. The van der Waals surface area contributed by atoms with Gasteiger partial charge in [-0.2, -0.15) is 0 Å². The van der Waals surface area contributed by atoms with Crippen LogP contribution in [0.15, 0.2) is 18.2 Å². The Morgan fingerprint density at radius 3 is 2.72 bits per heavy atom. The van der Waals surface area contributed by atoms with Crippen LogP contribution in [0.2, 0.25) is 0 Å². The van der Waals surface area contributed by atoms with Gasteiger partial charge in [0.15, 0.2) is 0 Å². The highest BCUT2D eigenvalue weighted by atomic mass is 19.1. The molecule has 0 bridgehead atoms. The molecular weight excluding hydrogens is 239 g/mol. The lowest BCUT2D eigenvalue weighted by Crippen LogP contribution is -2.46. The molecule has 0 radical (unpaired) electrons. The summed E-state index contributed by atoms with van der Waals surface area (Å²) < 4.78 is 23.8. The highest BCUT2D eigenvalue weighted by Gasteiger charge is 2.50. The van der Waals surface area contributed by atoms with Crippen molar-refractivity contribution >= 4 is 11.8 Å². The van der Waals surface area contributed by atoms with Crippen molar-refractivity contribution in [2.75, 3.05) is 14.2 Å². The quantitative estimate of drug-likeness (QED) is 0.594. The van der Waals surface area contributed by atoms with Gasteiger partial charge in [0.1, 0.15) is 5.75 Å². The molecule has 0 heterocycles.